The van der Waals surface area contributed by atoms with Crippen molar-refractivity contribution in [3.63, 3.8) is 0 Å². The summed E-state index contributed by atoms with van der Waals surface area (Å²) in [6.45, 7) is 0.510. The maximum atomic E-state index is 11.1. The lowest BCUT2D eigenvalue weighted by Gasteiger charge is -2.00. The van der Waals surface area contributed by atoms with Crippen LogP contribution in [-0.2, 0) is 6.54 Å². The largest absolute Gasteiger partial charge is 0.419 e. The third-order valence-corrected chi connectivity index (χ3v) is 1.98. The van der Waals surface area contributed by atoms with Gasteiger partial charge in [-0.25, -0.2) is 4.79 Å². The lowest BCUT2D eigenvalue weighted by Crippen LogP contribution is -2.13. The minimum absolute atomic E-state index is 0.346. The fourth-order valence-corrected chi connectivity index (χ4v) is 1.23. The van der Waals surface area contributed by atoms with E-state index in [0.717, 1.165) is 5.56 Å². The van der Waals surface area contributed by atoms with E-state index >= 15 is 0 Å². The van der Waals surface area contributed by atoms with E-state index in [2.05, 4.69) is 4.42 Å². The fraction of sp³-hybridized carbons (Fsp3) is 0.100. The number of rotatable bonds is 2. The van der Waals surface area contributed by atoms with Gasteiger partial charge >= 0.3 is 5.76 Å². The van der Waals surface area contributed by atoms with E-state index in [9.17, 15) is 4.79 Å². The van der Waals surface area contributed by atoms with Crippen LogP contribution in [0.15, 0.2) is 45.9 Å². The number of nitrogens with zero attached hydrogens (tertiary/aromatic N) is 1. The summed E-state index contributed by atoms with van der Waals surface area (Å²) in [6, 6.07) is 7.38. The van der Waals surface area contributed by atoms with Crippen LogP contribution in [0.4, 0.5) is 5.69 Å². The molecule has 2 N–H and O–H groups in total. The molecule has 2 aromatic rings. The zero-order chi connectivity index (χ0) is 9.97. The summed E-state index contributed by atoms with van der Waals surface area (Å²) < 4.78 is 6.13. The molecule has 4 heteroatoms. The van der Waals surface area contributed by atoms with E-state index in [-0.39, 0.29) is 5.76 Å². The van der Waals surface area contributed by atoms with Gasteiger partial charge in [0, 0.05) is 11.9 Å². The first-order valence-corrected chi connectivity index (χ1v) is 4.24. The van der Waals surface area contributed by atoms with Crippen LogP contribution in [-0.4, -0.2) is 4.57 Å². The lowest BCUT2D eigenvalue weighted by molar-refractivity contribution is 0.487. The molecule has 72 valence electrons. The molecular formula is C10H10N2O2. The van der Waals surface area contributed by atoms with Gasteiger partial charge in [0.25, 0.3) is 0 Å². The predicted molar refractivity (Wildman–Crippen MR) is 52.9 cm³/mol. The number of hydrogen-bond acceptors (Lipinski definition) is 3. The summed E-state index contributed by atoms with van der Waals surface area (Å²) >= 11 is 0. The van der Waals surface area contributed by atoms with Gasteiger partial charge in [-0.05, 0) is 17.7 Å². The number of aromatic nitrogens is 1. The van der Waals surface area contributed by atoms with Gasteiger partial charge in [-0.3, -0.25) is 4.57 Å². The molecular weight excluding hydrogens is 180 g/mol. The summed E-state index contributed by atoms with van der Waals surface area (Å²) in [6.07, 6.45) is 2.98. The third-order valence-electron chi connectivity index (χ3n) is 1.98. The molecule has 0 unspecified atom stereocenters. The molecule has 0 aliphatic rings. The van der Waals surface area contributed by atoms with Gasteiger partial charge in [0.1, 0.15) is 6.26 Å². The number of benzene rings is 1. The van der Waals surface area contributed by atoms with Crippen LogP contribution >= 0.6 is 0 Å². The third kappa shape index (κ3) is 1.69. The van der Waals surface area contributed by atoms with Gasteiger partial charge in [-0.2, -0.15) is 0 Å². The van der Waals surface area contributed by atoms with Crippen LogP contribution in [0, 0.1) is 0 Å². The van der Waals surface area contributed by atoms with Crippen LogP contribution in [0.5, 0.6) is 0 Å². The molecule has 0 radical (unpaired) electrons. The Morgan fingerprint density at radius 2 is 2.00 bits per heavy atom. The lowest BCUT2D eigenvalue weighted by atomic mass is 10.2. The molecule has 4 nitrogen and oxygen atoms in total. The standard InChI is InChI=1S/C10H10N2O2/c11-9-3-1-8(2-4-9)7-12-5-6-14-10(12)13/h1-6H,7,11H2. The molecule has 0 atom stereocenters. The quantitative estimate of drug-likeness (QED) is 0.720. The molecule has 0 bridgehead atoms. The highest BCUT2D eigenvalue weighted by Crippen LogP contribution is 2.06. The van der Waals surface area contributed by atoms with Gasteiger partial charge in [0.15, 0.2) is 0 Å². The monoisotopic (exact) mass is 190 g/mol. The second-order valence-electron chi connectivity index (χ2n) is 3.04. The van der Waals surface area contributed by atoms with Crippen molar-refractivity contribution in [2.24, 2.45) is 0 Å². The van der Waals surface area contributed by atoms with Gasteiger partial charge < -0.3 is 10.2 Å². The van der Waals surface area contributed by atoms with Gasteiger partial charge in [0.2, 0.25) is 0 Å². The number of nitrogens with two attached hydrogens (primary N) is 1. The molecule has 0 aliphatic carbocycles. The Bertz CT molecular complexity index is 467. The SMILES string of the molecule is Nc1ccc(Cn2ccoc2=O)cc1. The molecule has 0 saturated heterocycles. The molecule has 1 aromatic carbocycles. The van der Waals surface area contributed by atoms with Crippen LogP contribution in [0.25, 0.3) is 0 Å². The van der Waals surface area contributed by atoms with Crippen LogP contribution in [0.1, 0.15) is 5.56 Å². The van der Waals surface area contributed by atoms with Gasteiger partial charge in [-0.1, -0.05) is 12.1 Å². The van der Waals surface area contributed by atoms with Crippen LogP contribution in [0.2, 0.25) is 0 Å². The highest BCUT2D eigenvalue weighted by Gasteiger charge is 1.98. The molecule has 0 spiro atoms. The number of anilines is 1. The average molecular weight is 190 g/mol. The molecule has 0 amide bonds. The zero-order valence-electron chi connectivity index (χ0n) is 7.51. The van der Waals surface area contributed by atoms with Crippen LogP contribution < -0.4 is 11.5 Å². The van der Waals surface area contributed by atoms with E-state index in [4.69, 9.17) is 5.73 Å². The van der Waals surface area contributed by atoms with E-state index in [1.54, 1.807) is 18.3 Å². The maximum Gasteiger partial charge on any atom is 0.419 e. The minimum atomic E-state index is -0.346. The van der Waals surface area contributed by atoms with Crippen molar-refractivity contribution < 1.29 is 4.42 Å². The Kier molecular flexibility index (Phi) is 2.10. The highest BCUT2D eigenvalue weighted by molar-refractivity contribution is 5.39. The molecule has 1 heterocycles. The van der Waals surface area contributed by atoms with Crippen molar-refractivity contribution in [3.05, 3.63) is 52.8 Å². The molecule has 0 fully saturated rings. The summed E-state index contributed by atoms with van der Waals surface area (Å²) in [7, 11) is 0. The van der Waals surface area contributed by atoms with E-state index < -0.39 is 0 Å². The van der Waals surface area contributed by atoms with Crippen molar-refractivity contribution in [1.29, 1.82) is 0 Å². The van der Waals surface area contributed by atoms with E-state index in [1.807, 2.05) is 12.1 Å². The van der Waals surface area contributed by atoms with E-state index in [1.165, 1.54) is 10.8 Å². The Balaban J connectivity index is 2.23. The zero-order valence-corrected chi connectivity index (χ0v) is 7.51. The molecule has 0 saturated carbocycles. The minimum Gasteiger partial charge on any atom is -0.416 e. The fourth-order valence-electron chi connectivity index (χ4n) is 1.23. The van der Waals surface area contributed by atoms with Crippen molar-refractivity contribution in [3.8, 4) is 0 Å². The second-order valence-corrected chi connectivity index (χ2v) is 3.04. The van der Waals surface area contributed by atoms with Gasteiger partial charge in [0.05, 0.1) is 6.54 Å². The summed E-state index contributed by atoms with van der Waals surface area (Å²) in [5, 5.41) is 0. The van der Waals surface area contributed by atoms with Gasteiger partial charge in [-0.15, -0.1) is 0 Å². The van der Waals surface area contributed by atoms with Crippen molar-refractivity contribution >= 4 is 5.69 Å². The number of nitrogen functional groups attached to an aromatic ring is 1. The Labute approximate surface area is 80.6 Å². The first kappa shape index (κ1) is 8.62. The highest BCUT2D eigenvalue weighted by atomic mass is 16.4. The Morgan fingerprint density at radius 3 is 2.57 bits per heavy atom. The summed E-state index contributed by atoms with van der Waals surface area (Å²) in [4.78, 5) is 11.1. The number of hydrogen-bond donors (Lipinski definition) is 1. The molecule has 1 aromatic heterocycles. The molecule has 14 heavy (non-hydrogen) atoms. The summed E-state index contributed by atoms with van der Waals surface area (Å²) in [5.74, 6) is -0.346. The van der Waals surface area contributed by atoms with Crippen molar-refractivity contribution in [2.75, 3.05) is 5.73 Å². The molecule has 2 rings (SSSR count). The topological polar surface area (TPSA) is 61.2 Å². The van der Waals surface area contributed by atoms with E-state index in [0.29, 0.717) is 12.2 Å². The normalized spacial score (nSPS) is 10.3. The number of oxazole rings is 1. The maximum absolute atomic E-state index is 11.1. The van der Waals surface area contributed by atoms with Crippen molar-refractivity contribution in [2.45, 2.75) is 6.54 Å². The second kappa shape index (κ2) is 3.41. The Morgan fingerprint density at radius 1 is 1.29 bits per heavy atom. The summed E-state index contributed by atoms with van der Waals surface area (Å²) in [5.41, 5.74) is 7.28. The predicted octanol–water partition coefficient (Wildman–Crippen LogP) is 1.07. The van der Waals surface area contributed by atoms with Crippen molar-refractivity contribution in [1.82, 2.24) is 4.57 Å². The first-order chi connectivity index (χ1) is 6.75. The first-order valence-electron chi connectivity index (χ1n) is 4.24. The average Bonchev–Trinajstić information content (AvgIpc) is 2.56. The van der Waals surface area contributed by atoms with Crippen LogP contribution in [0.3, 0.4) is 0 Å². The molecule has 0 aliphatic heterocycles. The Hall–Kier alpha value is -1.97. The smallest absolute Gasteiger partial charge is 0.416 e.